The third kappa shape index (κ3) is 4.14. The average Bonchev–Trinajstić information content (AvgIpc) is 2.90. The van der Waals surface area contributed by atoms with Crippen molar-refractivity contribution >= 4 is 11.8 Å². The van der Waals surface area contributed by atoms with Crippen molar-refractivity contribution in [1.29, 1.82) is 0 Å². The van der Waals surface area contributed by atoms with Crippen LogP contribution in [-0.2, 0) is 16.0 Å². The number of hydrogen-bond acceptors (Lipinski definition) is 6. The molecule has 0 aromatic heterocycles. The Morgan fingerprint density at radius 1 is 1.42 bits per heavy atom. The van der Waals surface area contributed by atoms with E-state index in [9.17, 15) is 9.59 Å². The van der Waals surface area contributed by atoms with Gasteiger partial charge in [0, 0.05) is 25.7 Å². The lowest BCUT2D eigenvalue weighted by molar-refractivity contribution is -0.131. The molecule has 130 valence electrons. The maximum atomic E-state index is 12.1. The van der Waals surface area contributed by atoms with Crippen LogP contribution >= 0.6 is 0 Å². The van der Waals surface area contributed by atoms with E-state index in [1.54, 1.807) is 6.07 Å². The molecule has 0 unspecified atom stereocenters. The summed E-state index contributed by atoms with van der Waals surface area (Å²) in [5.41, 5.74) is 1.07. The zero-order valence-corrected chi connectivity index (χ0v) is 14.1. The molecule has 0 saturated carbocycles. The minimum Gasteiger partial charge on any atom is -0.484 e. The summed E-state index contributed by atoms with van der Waals surface area (Å²) in [6.07, 6.45) is 5.14. The number of carbonyl (C=O) groups excluding carboxylic acids is 2. The van der Waals surface area contributed by atoms with Crippen LogP contribution in [-0.4, -0.2) is 32.3 Å². The van der Waals surface area contributed by atoms with Crippen LogP contribution in [0.5, 0.6) is 17.2 Å². The molecule has 2 rings (SSSR count). The lowest BCUT2D eigenvalue weighted by atomic mass is 9.99. The van der Waals surface area contributed by atoms with Gasteiger partial charge in [0.2, 0.25) is 5.78 Å². The molecule has 0 spiro atoms. The number of fused-ring (bicyclic) bond motifs is 1. The Hall–Kier alpha value is -2.34. The fourth-order valence-electron chi connectivity index (χ4n) is 2.60. The number of hydrogen-bond donors (Lipinski definition) is 0. The molecule has 6 heteroatoms. The van der Waals surface area contributed by atoms with Gasteiger partial charge in [0.1, 0.15) is 22.8 Å². The molecular formula is C18H22O6. The summed E-state index contributed by atoms with van der Waals surface area (Å²) in [5, 5.41) is 0. The minimum atomic E-state index is -0.440. The molecule has 1 aliphatic rings. The highest BCUT2D eigenvalue weighted by Crippen LogP contribution is 2.43. The Bertz CT molecular complexity index is 635. The van der Waals surface area contributed by atoms with Crippen LogP contribution in [0.2, 0.25) is 0 Å². The molecular weight excluding hydrogens is 312 g/mol. The van der Waals surface area contributed by atoms with Gasteiger partial charge < -0.3 is 18.9 Å². The highest BCUT2D eigenvalue weighted by atomic mass is 16.7. The normalized spacial score (nSPS) is 12.5. The zero-order chi connectivity index (χ0) is 17.5. The van der Waals surface area contributed by atoms with E-state index in [-0.39, 0.29) is 19.2 Å². The number of rotatable bonds is 9. The van der Waals surface area contributed by atoms with Crippen molar-refractivity contribution in [3.05, 3.63) is 29.8 Å². The first-order chi connectivity index (χ1) is 11.6. The van der Waals surface area contributed by atoms with Gasteiger partial charge in [-0.05, 0) is 25.7 Å². The van der Waals surface area contributed by atoms with E-state index < -0.39 is 5.97 Å². The van der Waals surface area contributed by atoms with Crippen molar-refractivity contribution < 1.29 is 28.5 Å². The molecule has 1 heterocycles. The van der Waals surface area contributed by atoms with Gasteiger partial charge in [0.25, 0.3) is 0 Å². The summed E-state index contributed by atoms with van der Waals surface area (Å²) >= 11 is 0. The molecule has 6 nitrogen and oxygen atoms in total. The highest BCUT2D eigenvalue weighted by Gasteiger charge is 2.31. The molecule has 0 aliphatic carbocycles. The second-order valence-electron chi connectivity index (χ2n) is 5.45. The lowest BCUT2D eigenvalue weighted by Crippen LogP contribution is -2.10. The van der Waals surface area contributed by atoms with Crippen LogP contribution in [0.1, 0.15) is 42.1 Å². The van der Waals surface area contributed by atoms with Gasteiger partial charge in [-0.3, -0.25) is 9.59 Å². The largest absolute Gasteiger partial charge is 0.484 e. The van der Waals surface area contributed by atoms with Crippen LogP contribution in [0.15, 0.2) is 18.7 Å². The van der Waals surface area contributed by atoms with Gasteiger partial charge in [-0.25, -0.2) is 0 Å². The molecule has 0 saturated heterocycles. The minimum absolute atomic E-state index is 0.0110. The van der Waals surface area contributed by atoms with Crippen LogP contribution < -0.4 is 14.2 Å². The molecule has 0 atom stereocenters. The summed E-state index contributed by atoms with van der Waals surface area (Å²) in [4.78, 5) is 23.6. The Kier molecular flexibility index (Phi) is 6.37. The first kappa shape index (κ1) is 18.0. The van der Waals surface area contributed by atoms with E-state index in [1.807, 2.05) is 6.08 Å². The van der Waals surface area contributed by atoms with Crippen molar-refractivity contribution in [3.8, 4) is 17.2 Å². The first-order valence-corrected chi connectivity index (χ1v) is 7.85. The molecule has 0 fully saturated rings. The molecule has 0 radical (unpaired) electrons. The third-order valence-electron chi connectivity index (χ3n) is 3.60. The lowest BCUT2D eigenvalue weighted by Gasteiger charge is -2.17. The van der Waals surface area contributed by atoms with E-state index in [0.29, 0.717) is 34.8 Å². The summed E-state index contributed by atoms with van der Waals surface area (Å²) < 4.78 is 21.3. The fraction of sp³-hybridized carbons (Fsp3) is 0.444. The number of allylic oxidation sites excluding steroid dienone is 1. The molecule has 0 bridgehead atoms. The maximum absolute atomic E-state index is 12.1. The number of ketones is 1. The van der Waals surface area contributed by atoms with E-state index in [1.165, 1.54) is 14.0 Å². The quantitative estimate of drug-likeness (QED) is 0.227. The monoisotopic (exact) mass is 334 g/mol. The Balaban J connectivity index is 2.43. The number of Topliss-reactive ketones (excluding diaryl/α,β-unsaturated/α-hetero) is 1. The van der Waals surface area contributed by atoms with Crippen molar-refractivity contribution in [2.75, 3.05) is 20.5 Å². The Morgan fingerprint density at radius 2 is 2.21 bits per heavy atom. The zero-order valence-electron chi connectivity index (χ0n) is 14.1. The number of methoxy groups -OCH3 is 1. The van der Waals surface area contributed by atoms with Gasteiger partial charge in [-0.2, -0.15) is 0 Å². The standard InChI is InChI=1S/C18H22O6/c1-4-5-6-7-8-13-15(24-12(2)19)9-16-17(14(20)10-22-16)18(13)23-11-21-3/h4,9H,1,5-8,10-11H2,2-3H3. The van der Waals surface area contributed by atoms with E-state index in [4.69, 9.17) is 18.9 Å². The van der Waals surface area contributed by atoms with E-state index in [2.05, 4.69) is 6.58 Å². The third-order valence-corrected chi connectivity index (χ3v) is 3.60. The van der Waals surface area contributed by atoms with Gasteiger partial charge in [-0.1, -0.05) is 6.08 Å². The summed E-state index contributed by atoms with van der Waals surface area (Å²) in [5.74, 6) is 0.520. The predicted octanol–water partition coefficient (Wildman–Crippen LogP) is 3.07. The number of unbranched alkanes of at least 4 members (excludes halogenated alkanes) is 2. The number of esters is 1. The maximum Gasteiger partial charge on any atom is 0.308 e. The van der Waals surface area contributed by atoms with E-state index >= 15 is 0 Å². The van der Waals surface area contributed by atoms with Crippen molar-refractivity contribution in [1.82, 2.24) is 0 Å². The van der Waals surface area contributed by atoms with E-state index in [0.717, 1.165) is 19.3 Å². The van der Waals surface area contributed by atoms with Gasteiger partial charge in [0.15, 0.2) is 13.4 Å². The molecule has 1 aromatic carbocycles. The van der Waals surface area contributed by atoms with Crippen LogP contribution in [0, 0.1) is 0 Å². The van der Waals surface area contributed by atoms with Crippen molar-refractivity contribution in [2.24, 2.45) is 0 Å². The number of carbonyl (C=O) groups is 2. The number of ether oxygens (including phenoxy) is 4. The van der Waals surface area contributed by atoms with Crippen molar-refractivity contribution in [3.63, 3.8) is 0 Å². The summed E-state index contributed by atoms with van der Waals surface area (Å²) in [7, 11) is 1.50. The molecule has 1 aromatic rings. The van der Waals surface area contributed by atoms with Gasteiger partial charge in [0.05, 0.1) is 0 Å². The Morgan fingerprint density at radius 3 is 2.88 bits per heavy atom. The Labute approximate surface area is 141 Å². The van der Waals surface area contributed by atoms with Crippen LogP contribution in [0.3, 0.4) is 0 Å². The number of benzene rings is 1. The molecule has 1 aliphatic heterocycles. The highest BCUT2D eigenvalue weighted by molar-refractivity contribution is 6.05. The topological polar surface area (TPSA) is 71.1 Å². The van der Waals surface area contributed by atoms with Gasteiger partial charge >= 0.3 is 5.97 Å². The van der Waals surface area contributed by atoms with Gasteiger partial charge in [-0.15, -0.1) is 6.58 Å². The molecule has 24 heavy (non-hydrogen) atoms. The second kappa shape index (κ2) is 8.49. The van der Waals surface area contributed by atoms with Crippen LogP contribution in [0.25, 0.3) is 0 Å². The SMILES string of the molecule is C=CCCCCc1c(OC(C)=O)cc2c(c1OCOC)C(=O)CO2. The summed E-state index contributed by atoms with van der Waals surface area (Å²) in [6, 6.07) is 1.59. The van der Waals surface area contributed by atoms with Crippen molar-refractivity contribution in [2.45, 2.75) is 32.6 Å². The molecule has 0 amide bonds. The van der Waals surface area contributed by atoms with Crippen LogP contribution in [0.4, 0.5) is 0 Å². The second-order valence-corrected chi connectivity index (χ2v) is 5.45. The average molecular weight is 334 g/mol. The summed E-state index contributed by atoms with van der Waals surface area (Å²) in [6.45, 7) is 4.98. The first-order valence-electron chi connectivity index (χ1n) is 7.85. The fourth-order valence-corrected chi connectivity index (χ4v) is 2.60. The predicted molar refractivity (Wildman–Crippen MR) is 87.8 cm³/mol. The molecule has 0 N–H and O–H groups in total. The smallest absolute Gasteiger partial charge is 0.308 e.